The predicted molar refractivity (Wildman–Crippen MR) is 68.5 cm³/mol. The Hall–Kier alpha value is -1.68. The number of thiazole rings is 1. The lowest BCUT2D eigenvalue weighted by Crippen LogP contribution is -1.95. The number of aromatic nitrogens is 1. The zero-order chi connectivity index (χ0) is 12.3. The first kappa shape index (κ1) is 11.8. The van der Waals surface area contributed by atoms with Crippen molar-refractivity contribution in [1.82, 2.24) is 4.98 Å². The molecule has 88 valence electrons. The van der Waals surface area contributed by atoms with E-state index < -0.39 is 5.97 Å². The van der Waals surface area contributed by atoms with Crippen LogP contribution in [-0.2, 0) is 6.42 Å². The van der Waals surface area contributed by atoms with E-state index in [2.05, 4.69) is 11.9 Å². The molecule has 0 atom stereocenters. The van der Waals surface area contributed by atoms with Gasteiger partial charge in [0, 0.05) is 5.56 Å². The van der Waals surface area contributed by atoms with Gasteiger partial charge in [0.05, 0.1) is 11.2 Å². The van der Waals surface area contributed by atoms with Gasteiger partial charge in [-0.3, -0.25) is 0 Å². The van der Waals surface area contributed by atoms with E-state index in [0.29, 0.717) is 10.6 Å². The molecule has 17 heavy (non-hydrogen) atoms. The Morgan fingerprint density at radius 2 is 2.06 bits per heavy atom. The van der Waals surface area contributed by atoms with Crippen molar-refractivity contribution in [1.29, 1.82) is 0 Å². The molecule has 1 heterocycles. The minimum Gasteiger partial charge on any atom is -0.477 e. The third-order valence-electron chi connectivity index (χ3n) is 2.53. The van der Waals surface area contributed by atoms with E-state index in [-0.39, 0.29) is 0 Å². The highest BCUT2D eigenvalue weighted by atomic mass is 32.1. The Labute approximate surface area is 104 Å². The quantitative estimate of drug-likeness (QED) is 0.900. The van der Waals surface area contributed by atoms with E-state index in [4.69, 9.17) is 5.11 Å². The minimum atomic E-state index is -0.917. The number of hydrogen-bond donors (Lipinski definition) is 1. The van der Waals surface area contributed by atoms with Crippen LogP contribution in [0.4, 0.5) is 0 Å². The summed E-state index contributed by atoms with van der Waals surface area (Å²) in [7, 11) is 0. The summed E-state index contributed by atoms with van der Waals surface area (Å²) in [6, 6.07) is 7.94. The largest absolute Gasteiger partial charge is 0.477 e. The number of carbonyl (C=O) groups is 1. The molecule has 0 radical (unpaired) electrons. The van der Waals surface area contributed by atoms with Crippen molar-refractivity contribution < 1.29 is 9.90 Å². The molecule has 0 spiro atoms. The second-order valence-electron chi connectivity index (χ2n) is 3.78. The number of aryl methyl sites for hydroxylation is 1. The lowest BCUT2D eigenvalue weighted by Gasteiger charge is -2.02. The van der Waals surface area contributed by atoms with E-state index in [1.165, 1.54) is 5.56 Å². The number of rotatable bonds is 4. The SMILES string of the molecule is CCCc1ccc(-c2ncsc2C(=O)O)cc1. The molecule has 0 saturated heterocycles. The van der Waals surface area contributed by atoms with Crippen molar-refractivity contribution in [2.24, 2.45) is 0 Å². The van der Waals surface area contributed by atoms with Crippen LogP contribution in [0, 0.1) is 0 Å². The van der Waals surface area contributed by atoms with Crippen molar-refractivity contribution in [2.45, 2.75) is 19.8 Å². The van der Waals surface area contributed by atoms with Gasteiger partial charge in [0.1, 0.15) is 4.88 Å². The second-order valence-corrected chi connectivity index (χ2v) is 4.64. The van der Waals surface area contributed by atoms with Crippen molar-refractivity contribution in [3.63, 3.8) is 0 Å². The lowest BCUT2D eigenvalue weighted by atomic mass is 10.1. The molecule has 4 heteroatoms. The van der Waals surface area contributed by atoms with Gasteiger partial charge in [-0.25, -0.2) is 9.78 Å². The molecule has 0 unspecified atom stereocenters. The van der Waals surface area contributed by atoms with Crippen LogP contribution in [0.1, 0.15) is 28.6 Å². The predicted octanol–water partition coefficient (Wildman–Crippen LogP) is 3.46. The number of hydrogen-bond acceptors (Lipinski definition) is 3. The lowest BCUT2D eigenvalue weighted by molar-refractivity contribution is 0.0702. The van der Waals surface area contributed by atoms with E-state index in [9.17, 15) is 4.79 Å². The van der Waals surface area contributed by atoms with Gasteiger partial charge in [-0.15, -0.1) is 11.3 Å². The minimum absolute atomic E-state index is 0.299. The van der Waals surface area contributed by atoms with Gasteiger partial charge in [-0.05, 0) is 12.0 Å². The smallest absolute Gasteiger partial charge is 0.348 e. The van der Waals surface area contributed by atoms with Crippen LogP contribution < -0.4 is 0 Å². The summed E-state index contributed by atoms with van der Waals surface area (Å²) in [4.78, 5) is 15.4. The average molecular weight is 247 g/mol. The summed E-state index contributed by atoms with van der Waals surface area (Å²) in [6.07, 6.45) is 2.15. The maximum absolute atomic E-state index is 11.0. The first-order chi connectivity index (χ1) is 8.22. The highest BCUT2D eigenvalue weighted by molar-refractivity contribution is 7.12. The molecule has 0 saturated carbocycles. The number of benzene rings is 1. The first-order valence-electron chi connectivity index (χ1n) is 5.48. The molecular formula is C13H13NO2S. The van der Waals surface area contributed by atoms with Gasteiger partial charge in [-0.2, -0.15) is 0 Å². The van der Waals surface area contributed by atoms with Crippen LogP contribution in [0.3, 0.4) is 0 Å². The summed E-state index contributed by atoms with van der Waals surface area (Å²) >= 11 is 1.16. The molecule has 1 N–H and O–H groups in total. The van der Waals surface area contributed by atoms with E-state index in [0.717, 1.165) is 29.7 Å². The normalized spacial score (nSPS) is 10.4. The molecule has 2 rings (SSSR count). The maximum atomic E-state index is 11.0. The van der Waals surface area contributed by atoms with E-state index in [1.54, 1.807) is 5.51 Å². The van der Waals surface area contributed by atoms with Crippen LogP contribution >= 0.6 is 11.3 Å². The van der Waals surface area contributed by atoms with Crippen molar-refractivity contribution in [3.8, 4) is 11.3 Å². The van der Waals surface area contributed by atoms with Crippen LogP contribution in [0.2, 0.25) is 0 Å². The van der Waals surface area contributed by atoms with Crippen molar-refractivity contribution in [2.75, 3.05) is 0 Å². The number of carboxylic acids is 1. The summed E-state index contributed by atoms with van der Waals surface area (Å²) in [5.74, 6) is -0.917. The standard InChI is InChI=1S/C13H13NO2S/c1-2-3-9-4-6-10(7-5-9)11-12(13(15)16)17-8-14-11/h4-8H,2-3H2,1H3,(H,15,16). The summed E-state index contributed by atoms with van der Waals surface area (Å²) in [5, 5.41) is 9.03. The van der Waals surface area contributed by atoms with Gasteiger partial charge in [-0.1, -0.05) is 37.6 Å². The van der Waals surface area contributed by atoms with Gasteiger partial charge >= 0.3 is 5.97 Å². The summed E-state index contributed by atoms with van der Waals surface area (Å²) in [6.45, 7) is 2.14. The van der Waals surface area contributed by atoms with Crippen molar-refractivity contribution in [3.05, 3.63) is 40.2 Å². The monoisotopic (exact) mass is 247 g/mol. The molecule has 0 bridgehead atoms. The summed E-state index contributed by atoms with van der Waals surface area (Å²) < 4.78 is 0. The molecule has 0 aliphatic carbocycles. The summed E-state index contributed by atoms with van der Waals surface area (Å²) in [5.41, 5.74) is 4.26. The Morgan fingerprint density at radius 1 is 1.35 bits per heavy atom. The first-order valence-corrected chi connectivity index (χ1v) is 6.36. The van der Waals surface area contributed by atoms with Crippen molar-refractivity contribution >= 4 is 17.3 Å². The fourth-order valence-electron chi connectivity index (χ4n) is 1.72. The van der Waals surface area contributed by atoms with Crippen LogP contribution in [0.15, 0.2) is 29.8 Å². The van der Waals surface area contributed by atoms with Gasteiger partial charge < -0.3 is 5.11 Å². The van der Waals surface area contributed by atoms with E-state index >= 15 is 0 Å². The Bertz CT molecular complexity index is 516. The maximum Gasteiger partial charge on any atom is 0.348 e. The highest BCUT2D eigenvalue weighted by Crippen LogP contribution is 2.25. The number of aromatic carboxylic acids is 1. The van der Waals surface area contributed by atoms with Crippen LogP contribution in [0.25, 0.3) is 11.3 Å². The molecule has 2 aromatic rings. The zero-order valence-electron chi connectivity index (χ0n) is 9.51. The Morgan fingerprint density at radius 3 is 2.65 bits per heavy atom. The Balaban J connectivity index is 2.33. The molecule has 0 fully saturated rings. The number of carboxylic acid groups (broad SMARTS) is 1. The third kappa shape index (κ3) is 2.53. The van der Waals surface area contributed by atoms with Gasteiger partial charge in [0.2, 0.25) is 0 Å². The van der Waals surface area contributed by atoms with Crippen LogP contribution in [0.5, 0.6) is 0 Å². The van der Waals surface area contributed by atoms with E-state index in [1.807, 2.05) is 24.3 Å². The molecule has 0 amide bonds. The Kier molecular flexibility index (Phi) is 3.54. The molecule has 3 nitrogen and oxygen atoms in total. The molecule has 1 aromatic carbocycles. The van der Waals surface area contributed by atoms with Gasteiger partial charge in [0.15, 0.2) is 0 Å². The molecule has 0 aliphatic rings. The fourth-order valence-corrected chi connectivity index (χ4v) is 2.37. The average Bonchev–Trinajstić information content (AvgIpc) is 2.79. The molecular weight excluding hydrogens is 234 g/mol. The third-order valence-corrected chi connectivity index (χ3v) is 3.34. The molecule has 0 aliphatic heterocycles. The zero-order valence-corrected chi connectivity index (χ0v) is 10.3. The van der Waals surface area contributed by atoms with Gasteiger partial charge in [0.25, 0.3) is 0 Å². The topological polar surface area (TPSA) is 50.2 Å². The number of nitrogens with zero attached hydrogens (tertiary/aromatic N) is 1. The fraction of sp³-hybridized carbons (Fsp3) is 0.231. The second kappa shape index (κ2) is 5.10. The molecule has 1 aromatic heterocycles. The van der Waals surface area contributed by atoms with Crippen LogP contribution in [-0.4, -0.2) is 16.1 Å². The highest BCUT2D eigenvalue weighted by Gasteiger charge is 2.14.